The van der Waals surface area contributed by atoms with Crippen LogP contribution in [0.5, 0.6) is 11.5 Å². The van der Waals surface area contributed by atoms with E-state index in [1.807, 2.05) is 0 Å². The summed E-state index contributed by atoms with van der Waals surface area (Å²) in [7, 11) is 2.34. The zero-order valence-electron chi connectivity index (χ0n) is 18.9. The van der Waals surface area contributed by atoms with E-state index in [1.165, 1.54) is 32.5 Å². The second-order valence-electron chi connectivity index (χ2n) is 7.92. The molecule has 0 saturated heterocycles. The number of hydrogen-bond acceptors (Lipinski definition) is 6. The number of anilines is 4. The van der Waals surface area contributed by atoms with Crippen molar-refractivity contribution < 1.29 is 32.2 Å². The highest BCUT2D eigenvalue weighted by molar-refractivity contribution is 6.13. The van der Waals surface area contributed by atoms with Crippen LogP contribution in [-0.4, -0.2) is 31.1 Å². The number of ether oxygens (including phenoxy) is 2. The van der Waals surface area contributed by atoms with Crippen LogP contribution in [0.4, 0.5) is 40.8 Å². The first-order chi connectivity index (χ1) is 17.3. The fourth-order valence-corrected chi connectivity index (χ4v) is 4.31. The van der Waals surface area contributed by atoms with Crippen LogP contribution in [0.15, 0.2) is 30.5 Å². The minimum absolute atomic E-state index is 0.00390. The van der Waals surface area contributed by atoms with Gasteiger partial charge in [-0.1, -0.05) is 0 Å². The lowest BCUT2D eigenvalue weighted by Gasteiger charge is -2.38. The van der Waals surface area contributed by atoms with Crippen molar-refractivity contribution in [3.8, 4) is 17.6 Å². The van der Waals surface area contributed by atoms with Gasteiger partial charge in [0.2, 0.25) is 5.91 Å². The molecular formula is C24H16F3N5O4. The molecule has 0 bridgehead atoms. The van der Waals surface area contributed by atoms with Crippen LogP contribution in [0.1, 0.15) is 16.7 Å². The Bertz CT molecular complexity index is 1480. The van der Waals surface area contributed by atoms with E-state index in [-0.39, 0.29) is 53.1 Å². The van der Waals surface area contributed by atoms with Gasteiger partial charge in [0.15, 0.2) is 23.1 Å². The normalized spacial score (nSPS) is 14.2. The van der Waals surface area contributed by atoms with Crippen molar-refractivity contribution in [2.24, 2.45) is 0 Å². The highest BCUT2D eigenvalue weighted by Crippen LogP contribution is 2.46. The Morgan fingerprint density at radius 2 is 1.75 bits per heavy atom. The number of carbonyl (C=O) groups is 2. The van der Waals surface area contributed by atoms with Crippen LogP contribution in [-0.2, 0) is 17.8 Å². The van der Waals surface area contributed by atoms with Crippen molar-refractivity contribution in [2.45, 2.75) is 13.0 Å². The molecule has 1 N–H and O–H groups in total. The molecule has 2 aliphatic heterocycles. The number of hydrogen-bond donors (Lipinski definition) is 1. The quantitative estimate of drug-likeness (QED) is 0.583. The van der Waals surface area contributed by atoms with Gasteiger partial charge in [0, 0.05) is 23.4 Å². The van der Waals surface area contributed by atoms with Gasteiger partial charge in [0.05, 0.1) is 50.2 Å². The van der Waals surface area contributed by atoms with E-state index >= 15 is 13.2 Å². The van der Waals surface area contributed by atoms with Gasteiger partial charge in [-0.05, 0) is 18.2 Å². The number of benzene rings is 2. The Morgan fingerprint density at radius 1 is 1.06 bits per heavy atom. The predicted molar refractivity (Wildman–Crippen MR) is 121 cm³/mol. The van der Waals surface area contributed by atoms with Crippen LogP contribution in [0.3, 0.4) is 0 Å². The van der Waals surface area contributed by atoms with E-state index in [4.69, 9.17) is 14.7 Å². The summed E-state index contributed by atoms with van der Waals surface area (Å²) < 4.78 is 55.9. The number of rotatable bonds is 4. The van der Waals surface area contributed by atoms with Gasteiger partial charge in [-0.2, -0.15) is 5.26 Å². The van der Waals surface area contributed by atoms with Gasteiger partial charge in [-0.25, -0.2) is 22.9 Å². The second kappa shape index (κ2) is 8.46. The second-order valence-corrected chi connectivity index (χ2v) is 7.92. The van der Waals surface area contributed by atoms with Crippen LogP contribution in [0, 0.1) is 28.8 Å². The molecule has 0 unspecified atom stereocenters. The van der Waals surface area contributed by atoms with E-state index < -0.39 is 29.2 Å². The molecule has 0 atom stereocenters. The molecule has 0 spiro atoms. The minimum atomic E-state index is -1.17. The largest absolute Gasteiger partial charge is 0.493 e. The van der Waals surface area contributed by atoms with Crippen LogP contribution >= 0.6 is 0 Å². The first-order valence-corrected chi connectivity index (χ1v) is 10.5. The van der Waals surface area contributed by atoms with Gasteiger partial charge < -0.3 is 14.8 Å². The fraction of sp³-hybridized carbons (Fsp3) is 0.167. The third-order valence-corrected chi connectivity index (χ3v) is 5.93. The Kier molecular flexibility index (Phi) is 5.40. The van der Waals surface area contributed by atoms with Crippen molar-refractivity contribution in [3.63, 3.8) is 0 Å². The standard InChI is InChI=1S/C24H16F3N5O4/c1-35-16-7-17(36-2)20(27)22(19(16)26)31-10-12-9-29-23-13(6-18(33)30-23)21(12)32(24(31)34)15-4-3-11(8-28)5-14(15)25/h3-5,7,9H,6,10H2,1-2H3,(H,29,30,33). The molecule has 0 fully saturated rings. The molecule has 182 valence electrons. The lowest BCUT2D eigenvalue weighted by Crippen LogP contribution is -2.46. The molecule has 0 aliphatic carbocycles. The summed E-state index contributed by atoms with van der Waals surface area (Å²) in [6.45, 7) is -0.346. The molecule has 12 heteroatoms. The molecular weight excluding hydrogens is 479 g/mol. The van der Waals surface area contributed by atoms with Crippen LogP contribution < -0.4 is 24.6 Å². The summed E-state index contributed by atoms with van der Waals surface area (Å²) in [4.78, 5) is 31.8. The number of nitrogens with zero attached hydrogens (tertiary/aromatic N) is 4. The summed E-state index contributed by atoms with van der Waals surface area (Å²) in [5, 5.41) is 11.7. The third kappa shape index (κ3) is 3.36. The SMILES string of the molecule is COc1cc(OC)c(F)c(N2Cc3cnc4c(c3N(c3ccc(C#N)cc3F)C2=O)CC(=O)N4)c1F. The van der Waals surface area contributed by atoms with E-state index in [0.29, 0.717) is 11.1 Å². The number of urea groups is 1. The first-order valence-electron chi connectivity index (χ1n) is 10.5. The predicted octanol–water partition coefficient (Wildman–Crippen LogP) is 4.16. The van der Waals surface area contributed by atoms with Crippen molar-refractivity contribution in [1.82, 2.24) is 4.98 Å². The number of nitriles is 1. The summed E-state index contributed by atoms with van der Waals surface area (Å²) in [6.07, 6.45) is 1.20. The monoisotopic (exact) mass is 495 g/mol. The average Bonchev–Trinajstić information content (AvgIpc) is 3.25. The van der Waals surface area contributed by atoms with E-state index in [9.17, 15) is 9.59 Å². The van der Waals surface area contributed by atoms with Gasteiger partial charge in [0.1, 0.15) is 17.3 Å². The van der Waals surface area contributed by atoms with Gasteiger partial charge >= 0.3 is 6.03 Å². The lowest BCUT2D eigenvalue weighted by molar-refractivity contribution is -0.115. The molecule has 2 aliphatic rings. The number of aromatic nitrogens is 1. The zero-order chi connectivity index (χ0) is 25.7. The Morgan fingerprint density at radius 3 is 2.36 bits per heavy atom. The molecule has 5 rings (SSSR count). The van der Waals surface area contributed by atoms with Crippen molar-refractivity contribution in [3.05, 3.63) is 64.6 Å². The molecule has 9 nitrogen and oxygen atoms in total. The van der Waals surface area contributed by atoms with E-state index in [2.05, 4.69) is 10.3 Å². The maximum Gasteiger partial charge on any atom is 0.334 e. The van der Waals surface area contributed by atoms with E-state index in [0.717, 1.165) is 21.9 Å². The van der Waals surface area contributed by atoms with Crippen LogP contribution in [0.25, 0.3) is 0 Å². The molecule has 3 amide bonds. The highest BCUT2D eigenvalue weighted by Gasteiger charge is 2.41. The number of carbonyl (C=O) groups excluding carboxylic acids is 2. The molecule has 1 aromatic heterocycles. The van der Waals surface area contributed by atoms with Crippen molar-refractivity contribution in [2.75, 3.05) is 29.3 Å². The topological polar surface area (TPSA) is 108 Å². The van der Waals surface area contributed by atoms with Crippen molar-refractivity contribution >= 4 is 34.8 Å². The van der Waals surface area contributed by atoms with Gasteiger partial charge in [-0.15, -0.1) is 0 Å². The number of amides is 3. The maximum absolute atomic E-state index is 15.3. The number of nitrogens with one attached hydrogen (secondary N) is 1. The fourth-order valence-electron chi connectivity index (χ4n) is 4.31. The molecule has 0 saturated carbocycles. The molecule has 2 aromatic carbocycles. The van der Waals surface area contributed by atoms with E-state index in [1.54, 1.807) is 6.07 Å². The molecule has 36 heavy (non-hydrogen) atoms. The summed E-state index contributed by atoms with van der Waals surface area (Å²) in [5.41, 5.74) is -0.250. The maximum atomic E-state index is 15.3. The van der Waals surface area contributed by atoms with Gasteiger partial charge in [-0.3, -0.25) is 14.6 Å². The Labute approximate surface area is 202 Å². The number of halogens is 3. The molecule has 0 radical (unpaired) electrons. The average molecular weight is 495 g/mol. The smallest absolute Gasteiger partial charge is 0.334 e. The third-order valence-electron chi connectivity index (χ3n) is 5.93. The summed E-state index contributed by atoms with van der Waals surface area (Å²) >= 11 is 0. The highest BCUT2D eigenvalue weighted by atomic mass is 19.1. The summed E-state index contributed by atoms with van der Waals surface area (Å²) in [6, 6.07) is 5.23. The van der Waals surface area contributed by atoms with Crippen molar-refractivity contribution in [1.29, 1.82) is 5.26 Å². The lowest BCUT2D eigenvalue weighted by atomic mass is 10.0. The molecule has 3 aromatic rings. The number of pyridine rings is 1. The van der Waals surface area contributed by atoms with Gasteiger partial charge in [0.25, 0.3) is 0 Å². The molecule has 3 heterocycles. The number of fused-ring (bicyclic) bond motifs is 3. The Hall–Kier alpha value is -4.79. The zero-order valence-corrected chi connectivity index (χ0v) is 18.9. The minimum Gasteiger partial charge on any atom is -0.493 e. The first kappa shape index (κ1) is 23.0. The Balaban J connectivity index is 1.77. The van der Waals surface area contributed by atoms with Crippen LogP contribution in [0.2, 0.25) is 0 Å². The summed E-state index contributed by atoms with van der Waals surface area (Å²) in [5.74, 6) is -4.20. The number of methoxy groups -OCH3 is 2.